The second-order valence-electron chi connectivity index (χ2n) is 10.5. The van der Waals surface area contributed by atoms with Crippen molar-refractivity contribution in [2.45, 2.75) is 97.6 Å². The number of likely N-dealkylation sites (tertiary alicyclic amines) is 2. The molecule has 0 aromatic heterocycles. The van der Waals surface area contributed by atoms with Gasteiger partial charge >= 0.3 is 11.9 Å². The maximum atomic E-state index is 12.3. The van der Waals surface area contributed by atoms with Gasteiger partial charge in [0.15, 0.2) is 0 Å². The van der Waals surface area contributed by atoms with E-state index in [1.54, 1.807) is 0 Å². The number of carbonyl (C=O) groups is 2. The van der Waals surface area contributed by atoms with Crippen molar-refractivity contribution in [1.82, 2.24) is 9.80 Å². The molecule has 7 heteroatoms. The predicted molar refractivity (Wildman–Crippen MR) is 135 cm³/mol. The molecule has 7 nitrogen and oxygen atoms in total. The predicted octanol–water partition coefficient (Wildman–Crippen LogP) is 4.29. The number of amidine groups is 1. The highest BCUT2D eigenvalue weighted by atomic mass is 16.5. The number of esters is 2. The number of nitrogens with zero attached hydrogens (tertiary/aromatic N) is 3. The lowest BCUT2D eigenvalue weighted by molar-refractivity contribution is -0.150. The second kappa shape index (κ2) is 13.5. The summed E-state index contributed by atoms with van der Waals surface area (Å²) in [6.45, 7) is 12.8. The van der Waals surface area contributed by atoms with Crippen LogP contribution in [0.15, 0.2) is 4.99 Å². The van der Waals surface area contributed by atoms with Crippen molar-refractivity contribution in [2.75, 3.05) is 39.4 Å². The van der Waals surface area contributed by atoms with Crippen LogP contribution in [0.25, 0.3) is 0 Å². The van der Waals surface area contributed by atoms with E-state index in [0.29, 0.717) is 25.2 Å². The summed E-state index contributed by atoms with van der Waals surface area (Å²) < 4.78 is 10.6. The Labute approximate surface area is 206 Å². The Morgan fingerprint density at radius 3 is 1.76 bits per heavy atom. The number of carbonyl (C=O) groups excluding carboxylic acids is 2. The molecule has 3 aliphatic rings. The second-order valence-corrected chi connectivity index (χ2v) is 10.5. The van der Waals surface area contributed by atoms with Crippen LogP contribution in [0, 0.1) is 17.8 Å². The van der Waals surface area contributed by atoms with E-state index < -0.39 is 0 Å². The Morgan fingerprint density at radius 1 is 0.794 bits per heavy atom. The number of piperidine rings is 2. The molecule has 1 atom stereocenters. The number of rotatable bonds is 8. The van der Waals surface area contributed by atoms with Crippen LogP contribution < -0.4 is 0 Å². The van der Waals surface area contributed by atoms with Gasteiger partial charge in [-0.2, -0.15) is 0 Å². The third kappa shape index (κ3) is 7.19. The molecule has 194 valence electrons. The average molecular weight is 478 g/mol. The van der Waals surface area contributed by atoms with E-state index in [-0.39, 0.29) is 29.8 Å². The standard InChI is InChI=1S/C27H47N3O4/c1-5-33-26(31)21-12-16-29(17-13-21)24(20(3)4)25(28-23-10-8-7-9-11-23)30-18-14-22(15-19-30)27(32)34-6-2/h20-24H,5-19H2,1-4H3. The van der Waals surface area contributed by atoms with Gasteiger partial charge in [0.2, 0.25) is 0 Å². The first kappa shape index (κ1) is 27.0. The molecule has 2 saturated heterocycles. The van der Waals surface area contributed by atoms with Gasteiger partial charge in [-0.1, -0.05) is 33.1 Å². The fourth-order valence-corrected chi connectivity index (χ4v) is 5.90. The SMILES string of the molecule is CCOC(=O)C1CCN(C(=NC2CCCCC2)C(C(C)C)N2CCC(C(=O)OCC)CC2)CC1. The molecule has 0 aromatic carbocycles. The van der Waals surface area contributed by atoms with Crippen molar-refractivity contribution in [3.8, 4) is 0 Å². The summed E-state index contributed by atoms with van der Waals surface area (Å²) in [6.07, 6.45) is 9.58. The van der Waals surface area contributed by atoms with Crippen molar-refractivity contribution in [1.29, 1.82) is 0 Å². The molecule has 2 heterocycles. The topological polar surface area (TPSA) is 71.4 Å². The molecule has 0 bridgehead atoms. The molecule has 34 heavy (non-hydrogen) atoms. The van der Waals surface area contributed by atoms with Crippen LogP contribution in [0.5, 0.6) is 0 Å². The maximum absolute atomic E-state index is 12.3. The van der Waals surface area contributed by atoms with Crippen LogP contribution >= 0.6 is 0 Å². The molecule has 0 amide bonds. The maximum Gasteiger partial charge on any atom is 0.309 e. The molecule has 3 rings (SSSR count). The van der Waals surface area contributed by atoms with E-state index >= 15 is 0 Å². The van der Waals surface area contributed by atoms with Crippen molar-refractivity contribution >= 4 is 17.8 Å². The molecule has 2 aliphatic heterocycles. The molecule has 1 aliphatic carbocycles. The van der Waals surface area contributed by atoms with E-state index in [0.717, 1.165) is 51.9 Å². The first-order valence-electron chi connectivity index (χ1n) is 13.8. The highest BCUT2D eigenvalue weighted by Crippen LogP contribution is 2.29. The summed E-state index contributed by atoms with van der Waals surface area (Å²) in [7, 11) is 0. The van der Waals surface area contributed by atoms with Gasteiger partial charge in [0, 0.05) is 13.1 Å². The summed E-state index contributed by atoms with van der Waals surface area (Å²) >= 11 is 0. The molecule has 0 spiro atoms. The summed E-state index contributed by atoms with van der Waals surface area (Å²) in [5.41, 5.74) is 0. The Hall–Kier alpha value is -1.63. The molecule has 0 aromatic rings. The van der Waals surface area contributed by atoms with Gasteiger partial charge in [-0.05, 0) is 71.4 Å². The summed E-state index contributed by atoms with van der Waals surface area (Å²) in [5.74, 6) is 1.57. The van der Waals surface area contributed by atoms with Crippen LogP contribution in [-0.2, 0) is 19.1 Å². The molecular formula is C27H47N3O4. The zero-order chi connectivity index (χ0) is 24.5. The zero-order valence-corrected chi connectivity index (χ0v) is 22.0. The van der Waals surface area contributed by atoms with E-state index in [2.05, 4.69) is 23.6 Å². The van der Waals surface area contributed by atoms with Gasteiger partial charge in [0.05, 0.1) is 37.1 Å². The summed E-state index contributed by atoms with van der Waals surface area (Å²) in [6, 6.07) is 0.647. The molecule has 0 N–H and O–H groups in total. The zero-order valence-electron chi connectivity index (χ0n) is 22.0. The largest absolute Gasteiger partial charge is 0.466 e. The quantitative estimate of drug-likeness (QED) is 0.295. The monoisotopic (exact) mass is 477 g/mol. The van der Waals surface area contributed by atoms with E-state index in [4.69, 9.17) is 14.5 Å². The minimum atomic E-state index is -0.0469. The lowest BCUT2D eigenvalue weighted by atomic mass is 9.90. The Bertz CT molecular complexity index is 673. The van der Waals surface area contributed by atoms with Crippen LogP contribution in [0.3, 0.4) is 0 Å². The number of hydrogen-bond acceptors (Lipinski definition) is 6. The number of aliphatic imine (C=N–C) groups is 1. The van der Waals surface area contributed by atoms with Gasteiger partial charge < -0.3 is 14.4 Å². The minimum Gasteiger partial charge on any atom is -0.466 e. The Kier molecular flexibility index (Phi) is 10.7. The minimum absolute atomic E-state index is 0.00459. The fourth-order valence-electron chi connectivity index (χ4n) is 5.90. The fraction of sp³-hybridized carbons (Fsp3) is 0.889. The highest BCUT2D eigenvalue weighted by molar-refractivity contribution is 5.88. The van der Waals surface area contributed by atoms with Gasteiger partial charge in [0.25, 0.3) is 0 Å². The third-order valence-electron chi connectivity index (χ3n) is 7.77. The third-order valence-corrected chi connectivity index (χ3v) is 7.77. The van der Waals surface area contributed by atoms with Crippen molar-refractivity contribution < 1.29 is 19.1 Å². The van der Waals surface area contributed by atoms with Gasteiger partial charge in [-0.15, -0.1) is 0 Å². The normalized spacial score (nSPS) is 23.2. The smallest absolute Gasteiger partial charge is 0.309 e. The van der Waals surface area contributed by atoms with Crippen molar-refractivity contribution in [3.63, 3.8) is 0 Å². The first-order valence-corrected chi connectivity index (χ1v) is 13.8. The average Bonchev–Trinajstić information content (AvgIpc) is 2.85. The lowest BCUT2D eigenvalue weighted by Crippen LogP contribution is -2.56. The van der Waals surface area contributed by atoms with Crippen LogP contribution in [0.4, 0.5) is 0 Å². The van der Waals surface area contributed by atoms with Crippen LogP contribution in [0.1, 0.15) is 85.5 Å². The van der Waals surface area contributed by atoms with Gasteiger partial charge in [0.1, 0.15) is 5.84 Å². The van der Waals surface area contributed by atoms with E-state index in [1.807, 2.05) is 13.8 Å². The van der Waals surface area contributed by atoms with Crippen molar-refractivity contribution in [2.24, 2.45) is 22.7 Å². The molecular weight excluding hydrogens is 430 g/mol. The van der Waals surface area contributed by atoms with Crippen molar-refractivity contribution in [3.05, 3.63) is 0 Å². The highest BCUT2D eigenvalue weighted by Gasteiger charge is 2.37. The summed E-state index contributed by atoms with van der Waals surface area (Å²) in [4.78, 5) is 35.0. The van der Waals surface area contributed by atoms with Gasteiger partial charge in [-0.25, -0.2) is 0 Å². The Morgan fingerprint density at radius 2 is 1.29 bits per heavy atom. The Balaban J connectivity index is 1.75. The molecule has 3 fully saturated rings. The van der Waals surface area contributed by atoms with Crippen LogP contribution in [0.2, 0.25) is 0 Å². The number of hydrogen-bond donors (Lipinski definition) is 0. The van der Waals surface area contributed by atoms with E-state index in [1.165, 1.54) is 37.9 Å². The lowest BCUT2D eigenvalue weighted by Gasteiger charge is -2.44. The molecule has 1 saturated carbocycles. The molecule has 0 radical (unpaired) electrons. The first-order chi connectivity index (χ1) is 16.4. The molecule has 1 unspecified atom stereocenters. The summed E-state index contributed by atoms with van der Waals surface area (Å²) in [5, 5.41) is 0. The van der Waals surface area contributed by atoms with E-state index in [9.17, 15) is 9.59 Å². The van der Waals surface area contributed by atoms with Crippen LogP contribution in [-0.4, -0.2) is 79.1 Å². The van der Waals surface area contributed by atoms with Gasteiger partial charge in [-0.3, -0.25) is 19.5 Å². The number of ether oxygens (including phenoxy) is 2.